The normalized spacial score (nSPS) is 14.8. The molecule has 5 heteroatoms. The van der Waals surface area contributed by atoms with Gasteiger partial charge in [0, 0.05) is 0 Å². The van der Waals surface area contributed by atoms with Gasteiger partial charge in [-0.05, 0) is 0 Å². The van der Waals surface area contributed by atoms with Crippen molar-refractivity contribution in [3.05, 3.63) is 0 Å². The molecule has 0 amide bonds. The van der Waals surface area contributed by atoms with Gasteiger partial charge in [0.2, 0.25) is 0 Å². The maximum atomic E-state index is 8.61. The fourth-order valence-electron chi connectivity index (χ4n) is 0. The monoisotopic (exact) mass is 166 g/mol. The summed E-state index contributed by atoms with van der Waals surface area (Å²) in [7, 11) is 0. The Kier molecular flexibility index (Phi) is 1.12. The zero-order valence-corrected chi connectivity index (χ0v) is 3.72. The summed E-state index contributed by atoms with van der Waals surface area (Å²) in [6, 6.07) is 0. The topological polar surface area (TPSA) is 80.3 Å². The quantitative estimate of drug-likeness (QED) is 0.368. The molecule has 0 aromatic carbocycles. The van der Waals surface area contributed by atoms with E-state index in [2.05, 4.69) is 0 Å². The van der Waals surface area contributed by atoms with Crippen LogP contribution in [0.25, 0.3) is 0 Å². The van der Waals surface area contributed by atoms with Gasteiger partial charge in [0.15, 0.2) is 0 Å². The van der Waals surface area contributed by atoms with Gasteiger partial charge in [0.05, 0.1) is 0 Å². The molecule has 0 rings (SSSR count). The Labute approximate surface area is 31.2 Å². The van der Waals surface area contributed by atoms with Gasteiger partial charge < -0.3 is 0 Å². The summed E-state index contributed by atoms with van der Waals surface area (Å²) in [5, 5.41) is 0. The Balaban J connectivity index is 4.06. The van der Waals surface area contributed by atoms with Crippen molar-refractivity contribution in [2.24, 2.45) is 0 Å². The molecule has 0 fully saturated rings. The van der Waals surface area contributed by atoms with Crippen molar-refractivity contribution in [3.8, 4) is 0 Å². The van der Waals surface area contributed by atoms with Gasteiger partial charge in [-0.15, -0.1) is 0 Å². The van der Waals surface area contributed by atoms with Crippen LogP contribution < -0.4 is 7.87 Å². The van der Waals surface area contributed by atoms with E-state index < -0.39 is 15.4 Å². The van der Waals surface area contributed by atoms with Crippen LogP contribution in [0.15, 0.2) is 0 Å². The zero-order chi connectivity index (χ0) is 4.50. The third-order valence-corrected chi connectivity index (χ3v) is 0. The Morgan fingerprint density at radius 2 is 1.20 bits per heavy atom. The molecule has 0 saturated heterocycles. The van der Waals surface area contributed by atoms with Crippen LogP contribution in [-0.4, -0.2) is 0 Å². The summed E-state index contributed by atoms with van der Waals surface area (Å²) >= 11 is -5.86. The molecule has 0 saturated carbocycles. The Morgan fingerprint density at radius 3 is 1.20 bits per heavy atom. The second-order valence-corrected chi connectivity index (χ2v) is 2.09. The predicted octanol–water partition coefficient (Wildman–Crippen LogP) is -2.62. The van der Waals surface area contributed by atoms with E-state index in [0.717, 1.165) is 0 Å². The summed E-state index contributed by atoms with van der Waals surface area (Å²) in [6.07, 6.45) is 0. The van der Waals surface area contributed by atoms with Gasteiger partial charge in [-0.1, -0.05) is 0 Å². The fourth-order valence-corrected chi connectivity index (χ4v) is 0. The molecule has 5 heavy (non-hydrogen) atoms. The third-order valence-electron chi connectivity index (χ3n) is 0. The molecule has 0 radical (unpaired) electrons. The predicted molar refractivity (Wildman–Crippen MR) is 1.37 cm³/mol. The van der Waals surface area contributed by atoms with E-state index in [4.69, 9.17) is 15.0 Å². The van der Waals surface area contributed by atoms with Crippen LogP contribution in [-0.2, 0) is 22.5 Å². The van der Waals surface area contributed by atoms with E-state index in [0.29, 0.717) is 0 Å². The summed E-state index contributed by atoms with van der Waals surface area (Å²) < 4.78 is 34.4. The van der Waals surface area contributed by atoms with Gasteiger partial charge in [0.25, 0.3) is 0 Å². The second kappa shape index (κ2) is 1.08. The van der Waals surface area contributed by atoms with Crippen LogP contribution >= 0.6 is 0 Å². The van der Waals surface area contributed by atoms with Crippen molar-refractivity contribution in [1.82, 2.24) is 0 Å². The third kappa shape index (κ3) is 926. The number of rotatable bonds is 0. The van der Waals surface area contributed by atoms with Crippen LogP contribution in [0.1, 0.15) is 0 Å². The van der Waals surface area contributed by atoms with E-state index in [1.807, 2.05) is 0 Å². The van der Waals surface area contributed by atoms with Crippen molar-refractivity contribution in [3.63, 3.8) is 0 Å². The van der Waals surface area contributed by atoms with Crippen LogP contribution in [0, 0.1) is 0 Å². The minimum atomic E-state index is -5.86. The molecular formula is O4Ru-2. The van der Waals surface area contributed by atoms with Crippen LogP contribution in [0.5, 0.6) is 0 Å². The van der Waals surface area contributed by atoms with Crippen LogP contribution in [0.4, 0.5) is 0 Å². The number of hydrogen-bond acceptors (Lipinski definition) is 4. The first-order chi connectivity index (χ1) is 2.00. The summed E-state index contributed by atoms with van der Waals surface area (Å²) in [4.78, 5) is 0. The van der Waals surface area contributed by atoms with Crippen molar-refractivity contribution in [2.45, 2.75) is 0 Å². The van der Waals surface area contributed by atoms with Crippen LogP contribution in [0.2, 0.25) is 0 Å². The van der Waals surface area contributed by atoms with E-state index in [-0.39, 0.29) is 0 Å². The van der Waals surface area contributed by atoms with Crippen molar-refractivity contribution < 1.29 is 30.4 Å². The van der Waals surface area contributed by atoms with Gasteiger partial charge in [-0.25, -0.2) is 0 Å². The van der Waals surface area contributed by atoms with Crippen molar-refractivity contribution in [1.29, 1.82) is 0 Å². The fraction of sp³-hybridized carbons (Fsp3) is 0. The molecule has 0 unspecified atom stereocenters. The first-order valence-electron chi connectivity index (χ1n) is 0.577. The molecule has 0 heterocycles. The van der Waals surface area contributed by atoms with Gasteiger partial charge in [-0.3, -0.25) is 0 Å². The summed E-state index contributed by atoms with van der Waals surface area (Å²) in [5.41, 5.74) is 0. The second-order valence-electron chi connectivity index (χ2n) is 0.354. The maximum absolute atomic E-state index is 8.61. The Bertz CT molecular complexity index is 86.8. The standard InChI is InChI=1S/4O.Ru/q;;2*-1;. The first kappa shape index (κ1) is 5.14. The molecular weight excluding hydrogens is 165 g/mol. The van der Waals surface area contributed by atoms with E-state index in [1.54, 1.807) is 0 Å². The summed E-state index contributed by atoms with van der Waals surface area (Å²) in [5.74, 6) is 0. The SMILES string of the molecule is [O]=[Ru](=[O])([O-])[O-]. The van der Waals surface area contributed by atoms with Crippen molar-refractivity contribution in [2.75, 3.05) is 0 Å². The molecule has 0 N–H and O–H groups in total. The Hall–Kier alpha value is 0.143. The molecule has 34 valence electrons. The molecule has 0 aromatic rings. The number of hydrogen-bond donors (Lipinski definition) is 0. The molecule has 0 aliphatic rings. The van der Waals surface area contributed by atoms with Gasteiger partial charge >= 0.3 is 30.4 Å². The van der Waals surface area contributed by atoms with E-state index in [9.17, 15) is 0 Å². The average Bonchev–Trinajstić information content (AvgIpc) is 0.722. The van der Waals surface area contributed by atoms with Gasteiger partial charge in [0.1, 0.15) is 0 Å². The molecule has 0 aliphatic heterocycles. The van der Waals surface area contributed by atoms with E-state index in [1.165, 1.54) is 0 Å². The molecule has 0 bridgehead atoms. The molecule has 0 atom stereocenters. The average molecular weight is 165 g/mol. The van der Waals surface area contributed by atoms with Crippen LogP contribution in [0.3, 0.4) is 0 Å². The molecule has 0 aromatic heterocycles. The molecule has 0 spiro atoms. The molecule has 4 nitrogen and oxygen atoms in total. The molecule has 0 aliphatic carbocycles. The Morgan fingerprint density at radius 1 is 1.20 bits per heavy atom. The minimum absolute atomic E-state index is 5.86. The summed E-state index contributed by atoms with van der Waals surface area (Å²) in [6.45, 7) is 0. The first-order valence-corrected chi connectivity index (χ1v) is 3.42. The van der Waals surface area contributed by atoms with Crippen molar-refractivity contribution >= 4 is 0 Å². The van der Waals surface area contributed by atoms with E-state index >= 15 is 0 Å². The van der Waals surface area contributed by atoms with Gasteiger partial charge in [-0.2, -0.15) is 0 Å². The zero-order valence-electron chi connectivity index (χ0n) is 1.99.